The van der Waals surface area contributed by atoms with E-state index in [1.807, 2.05) is 34.6 Å². The summed E-state index contributed by atoms with van der Waals surface area (Å²) in [4.78, 5) is 49.6. The van der Waals surface area contributed by atoms with Crippen LogP contribution in [-0.2, 0) is 35.0 Å². The van der Waals surface area contributed by atoms with Gasteiger partial charge in [0, 0.05) is 6.54 Å². The molecule has 0 radical (unpaired) electrons. The van der Waals surface area contributed by atoms with Crippen molar-refractivity contribution in [2.45, 2.75) is 80.4 Å². The summed E-state index contributed by atoms with van der Waals surface area (Å²) in [6.07, 6.45) is -0.505. The van der Waals surface area contributed by atoms with E-state index in [2.05, 4.69) is 5.32 Å². The first-order chi connectivity index (χ1) is 18.3. The average Bonchev–Trinajstić information content (AvgIpc) is 2.89. The molecule has 0 saturated carbocycles. The van der Waals surface area contributed by atoms with E-state index in [-0.39, 0.29) is 54.7 Å². The van der Waals surface area contributed by atoms with Crippen LogP contribution >= 0.6 is 0 Å². The third-order valence-corrected chi connectivity index (χ3v) is 6.47. The number of rotatable bonds is 15. The Balaban J connectivity index is 3.14. The van der Waals surface area contributed by atoms with Crippen molar-refractivity contribution in [1.82, 2.24) is 5.32 Å². The van der Waals surface area contributed by atoms with Crippen molar-refractivity contribution in [3.05, 3.63) is 23.8 Å². The molecule has 0 amide bonds. The number of ether oxygens (including phenoxy) is 5. The van der Waals surface area contributed by atoms with Crippen LogP contribution in [0.25, 0.3) is 0 Å². The lowest BCUT2D eigenvalue weighted by molar-refractivity contribution is -0.143. The average molecular weight is 552 g/mol. The lowest BCUT2D eigenvalue weighted by atomic mass is 9.98. The van der Waals surface area contributed by atoms with Crippen LogP contribution in [-0.4, -0.2) is 56.5 Å². The van der Waals surface area contributed by atoms with Gasteiger partial charge in [0.1, 0.15) is 12.1 Å². The number of methoxy groups -OCH3 is 1. The van der Waals surface area contributed by atoms with E-state index in [0.29, 0.717) is 12.0 Å². The molecule has 39 heavy (non-hydrogen) atoms. The van der Waals surface area contributed by atoms with Crippen LogP contribution in [0.3, 0.4) is 0 Å². The second kappa shape index (κ2) is 16.7. The first-order valence-electron chi connectivity index (χ1n) is 13.5. The number of carbonyl (C=O) groups is 4. The molecule has 0 aliphatic heterocycles. The number of benzene rings is 1. The summed E-state index contributed by atoms with van der Waals surface area (Å²) in [5, 5.41) is 3.05. The number of hydrogen-bond acceptors (Lipinski definition) is 10. The van der Waals surface area contributed by atoms with Crippen molar-refractivity contribution < 1.29 is 42.9 Å². The predicted molar refractivity (Wildman–Crippen MR) is 145 cm³/mol. The number of carbonyl (C=O) groups excluding carboxylic acids is 4. The van der Waals surface area contributed by atoms with Gasteiger partial charge in [-0.1, -0.05) is 54.5 Å². The summed E-state index contributed by atoms with van der Waals surface area (Å²) < 4.78 is 26.3. The standard InChI is InChI=1S/C29H45NO9/c1-10-13-36-29(34)37-19(6)16-30-23(28(33)35-9)14-22-11-12-24(38-26(31)20(7)17(2)3)25(15-22)39-27(32)21(8)18(4)5/h11-12,15,17-21,23,30H,10,13-14,16H2,1-9H3/t19?,20?,21?,23-/m0/s1. The molecule has 0 spiro atoms. The van der Waals surface area contributed by atoms with Gasteiger partial charge < -0.3 is 29.0 Å². The maximum atomic E-state index is 12.8. The van der Waals surface area contributed by atoms with E-state index in [1.54, 1.807) is 39.0 Å². The zero-order chi connectivity index (χ0) is 29.7. The molecule has 10 heteroatoms. The molecule has 10 nitrogen and oxygen atoms in total. The van der Waals surface area contributed by atoms with Gasteiger partial charge in [0.25, 0.3) is 0 Å². The minimum Gasteiger partial charge on any atom is -0.468 e. The molecular formula is C29H45NO9. The van der Waals surface area contributed by atoms with Gasteiger partial charge in [0.15, 0.2) is 11.5 Å². The molecule has 0 aliphatic carbocycles. The molecule has 0 aromatic heterocycles. The highest BCUT2D eigenvalue weighted by atomic mass is 16.7. The molecule has 0 saturated heterocycles. The summed E-state index contributed by atoms with van der Waals surface area (Å²) in [5.41, 5.74) is 0.630. The van der Waals surface area contributed by atoms with Crippen LogP contribution in [0.4, 0.5) is 4.79 Å². The fourth-order valence-corrected chi connectivity index (χ4v) is 3.14. The van der Waals surface area contributed by atoms with Crippen molar-refractivity contribution in [3.63, 3.8) is 0 Å². The van der Waals surface area contributed by atoms with Crippen LogP contribution in [0.1, 0.15) is 67.4 Å². The van der Waals surface area contributed by atoms with Gasteiger partial charge in [-0.15, -0.1) is 0 Å². The third-order valence-electron chi connectivity index (χ3n) is 6.47. The molecule has 0 aliphatic rings. The minimum atomic E-state index is -0.791. The normalized spacial score (nSPS) is 14.2. The largest absolute Gasteiger partial charge is 0.508 e. The van der Waals surface area contributed by atoms with E-state index in [4.69, 9.17) is 23.7 Å². The Labute approximate surface area is 232 Å². The smallest absolute Gasteiger partial charge is 0.468 e. The summed E-state index contributed by atoms with van der Waals surface area (Å²) >= 11 is 0. The molecule has 4 atom stereocenters. The highest BCUT2D eigenvalue weighted by Gasteiger charge is 2.26. The second-order valence-corrected chi connectivity index (χ2v) is 10.4. The molecule has 0 heterocycles. The SMILES string of the molecule is CCCOC(=O)OC(C)CN[C@@H](Cc1ccc(OC(=O)C(C)C(C)C)c(OC(=O)C(C)C(C)C)c1)C(=O)OC. The lowest BCUT2D eigenvalue weighted by Crippen LogP contribution is -2.43. The fourth-order valence-electron chi connectivity index (χ4n) is 3.14. The molecule has 1 N–H and O–H groups in total. The summed E-state index contributed by atoms with van der Waals surface area (Å²) in [7, 11) is 1.28. The molecule has 0 bridgehead atoms. The van der Waals surface area contributed by atoms with Gasteiger partial charge in [-0.2, -0.15) is 0 Å². The van der Waals surface area contributed by atoms with Crippen LogP contribution in [0.2, 0.25) is 0 Å². The van der Waals surface area contributed by atoms with Crippen molar-refractivity contribution in [2.24, 2.45) is 23.7 Å². The molecule has 1 rings (SSSR count). The van der Waals surface area contributed by atoms with Crippen molar-refractivity contribution in [3.8, 4) is 11.5 Å². The fraction of sp³-hybridized carbons (Fsp3) is 0.655. The molecule has 0 fully saturated rings. The Bertz CT molecular complexity index is 960. The zero-order valence-electron chi connectivity index (χ0n) is 24.7. The third kappa shape index (κ3) is 11.6. The van der Waals surface area contributed by atoms with Crippen LogP contribution in [0.15, 0.2) is 18.2 Å². The topological polar surface area (TPSA) is 126 Å². The Kier molecular flexibility index (Phi) is 14.5. The number of hydrogen-bond donors (Lipinski definition) is 1. The molecular weight excluding hydrogens is 506 g/mol. The van der Waals surface area contributed by atoms with Gasteiger partial charge in [0.05, 0.1) is 25.6 Å². The molecule has 3 unspecified atom stereocenters. The highest BCUT2D eigenvalue weighted by molar-refractivity contribution is 5.79. The van der Waals surface area contributed by atoms with Crippen LogP contribution in [0, 0.1) is 23.7 Å². The highest BCUT2D eigenvalue weighted by Crippen LogP contribution is 2.31. The first-order valence-corrected chi connectivity index (χ1v) is 13.5. The van der Waals surface area contributed by atoms with Gasteiger partial charge in [-0.3, -0.25) is 14.4 Å². The van der Waals surface area contributed by atoms with Gasteiger partial charge in [0.2, 0.25) is 0 Å². The number of nitrogens with one attached hydrogen (secondary N) is 1. The Morgan fingerprint density at radius 3 is 1.90 bits per heavy atom. The summed E-state index contributed by atoms with van der Waals surface area (Å²) in [6.45, 7) is 15.2. The van der Waals surface area contributed by atoms with Crippen LogP contribution in [0.5, 0.6) is 11.5 Å². The first kappa shape index (κ1) is 33.9. The van der Waals surface area contributed by atoms with E-state index in [1.165, 1.54) is 7.11 Å². The minimum absolute atomic E-state index is 0.0454. The quantitative estimate of drug-likeness (QED) is 0.242. The van der Waals surface area contributed by atoms with E-state index in [9.17, 15) is 19.2 Å². The Morgan fingerprint density at radius 2 is 1.38 bits per heavy atom. The molecule has 220 valence electrons. The monoisotopic (exact) mass is 551 g/mol. The maximum Gasteiger partial charge on any atom is 0.508 e. The summed E-state index contributed by atoms with van der Waals surface area (Å²) in [6, 6.07) is 4.02. The summed E-state index contributed by atoms with van der Waals surface area (Å²) in [5.74, 6) is -1.85. The lowest BCUT2D eigenvalue weighted by Gasteiger charge is -2.21. The van der Waals surface area contributed by atoms with Gasteiger partial charge in [-0.05, 0) is 49.3 Å². The molecule has 1 aromatic rings. The number of esters is 3. The molecule has 1 aromatic carbocycles. The predicted octanol–water partition coefficient (Wildman–Crippen LogP) is 4.71. The van der Waals surface area contributed by atoms with Gasteiger partial charge in [-0.25, -0.2) is 4.79 Å². The van der Waals surface area contributed by atoms with Crippen molar-refractivity contribution >= 4 is 24.1 Å². The Morgan fingerprint density at radius 1 is 0.821 bits per heavy atom. The second-order valence-electron chi connectivity index (χ2n) is 10.4. The van der Waals surface area contributed by atoms with Crippen LogP contribution < -0.4 is 14.8 Å². The zero-order valence-corrected chi connectivity index (χ0v) is 24.7. The van der Waals surface area contributed by atoms with E-state index < -0.39 is 36.2 Å². The van der Waals surface area contributed by atoms with Crippen molar-refractivity contribution in [2.75, 3.05) is 20.3 Å². The van der Waals surface area contributed by atoms with Crippen molar-refractivity contribution in [1.29, 1.82) is 0 Å². The van der Waals surface area contributed by atoms with Gasteiger partial charge >= 0.3 is 24.1 Å². The Hall–Kier alpha value is -3.14. The maximum absolute atomic E-state index is 12.8. The van der Waals surface area contributed by atoms with E-state index in [0.717, 1.165) is 0 Å². The van der Waals surface area contributed by atoms with E-state index >= 15 is 0 Å².